The fourth-order valence-electron chi connectivity index (χ4n) is 2.12. The van der Waals surface area contributed by atoms with Crippen molar-refractivity contribution in [1.29, 1.82) is 0 Å². The Morgan fingerprint density at radius 3 is 2.62 bits per heavy atom. The fraction of sp³-hybridized carbons (Fsp3) is 0.222. The predicted octanol–water partition coefficient (Wildman–Crippen LogP) is 3.96. The van der Waals surface area contributed by atoms with Gasteiger partial charge in [-0.25, -0.2) is 4.39 Å². The van der Waals surface area contributed by atoms with E-state index in [1.165, 1.54) is 12.1 Å². The van der Waals surface area contributed by atoms with E-state index in [4.69, 9.17) is 9.15 Å². The molecule has 0 amide bonds. The van der Waals surface area contributed by atoms with E-state index in [1.807, 2.05) is 31.2 Å². The monoisotopic (exact) mass is 327 g/mol. The smallest absolute Gasteiger partial charge is 0.235 e. The topological polar surface area (TPSA) is 60.2 Å². The van der Waals surface area contributed by atoms with Crippen LogP contribution < -0.4 is 10.1 Å². The molecule has 2 aromatic carbocycles. The van der Waals surface area contributed by atoms with Crippen LogP contribution in [0.2, 0.25) is 0 Å². The Bertz CT molecular complexity index is 787. The fourth-order valence-corrected chi connectivity index (χ4v) is 2.12. The standard InChI is InChI=1S/C18H18FN3O2/c1-2-17-21-22-18(24-17)11-20-15-4-3-5-16(10-15)23-12-13-6-8-14(19)9-7-13/h3-10,20H,2,11-12H2,1H3. The molecule has 1 aromatic heterocycles. The molecule has 0 fully saturated rings. The molecule has 0 radical (unpaired) electrons. The number of nitrogens with one attached hydrogen (secondary N) is 1. The van der Waals surface area contributed by atoms with Crippen LogP contribution in [0.5, 0.6) is 5.75 Å². The number of nitrogens with zero attached hydrogens (tertiary/aromatic N) is 2. The van der Waals surface area contributed by atoms with Crippen molar-refractivity contribution in [3.8, 4) is 5.75 Å². The number of hydrogen-bond acceptors (Lipinski definition) is 5. The second kappa shape index (κ2) is 7.59. The molecule has 6 heteroatoms. The molecule has 0 aliphatic carbocycles. The Morgan fingerprint density at radius 2 is 1.88 bits per heavy atom. The van der Waals surface area contributed by atoms with Gasteiger partial charge in [-0.15, -0.1) is 10.2 Å². The summed E-state index contributed by atoms with van der Waals surface area (Å²) < 4.78 is 24.1. The summed E-state index contributed by atoms with van der Waals surface area (Å²) in [6.45, 7) is 2.80. The summed E-state index contributed by atoms with van der Waals surface area (Å²) in [5, 5.41) is 11.1. The number of ether oxygens (including phenoxy) is 1. The summed E-state index contributed by atoms with van der Waals surface area (Å²) in [7, 11) is 0. The molecule has 124 valence electrons. The first-order valence-corrected chi connectivity index (χ1v) is 7.75. The highest BCUT2D eigenvalue weighted by molar-refractivity contribution is 5.48. The lowest BCUT2D eigenvalue weighted by molar-refractivity contribution is 0.306. The Kier molecular flexibility index (Phi) is 5.05. The normalized spacial score (nSPS) is 10.6. The third kappa shape index (κ3) is 4.32. The van der Waals surface area contributed by atoms with E-state index < -0.39 is 0 Å². The van der Waals surface area contributed by atoms with Crippen molar-refractivity contribution >= 4 is 5.69 Å². The van der Waals surface area contributed by atoms with Gasteiger partial charge >= 0.3 is 0 Å². The van der Waals surface area contributed by atoms with Crippen LogP contribution in [-0.2, 0) is 19.6 Å². The number of aryl methyl sites for hydroxylation is 1. The molecule has 1 heterocycles. The Morgan fingerprint density at radius 1 is 1.08 bits per heavy atom. The largest absolute Gasteiger partial charge is 0.489 e. The molecule has 0 spiro atoms. The molecule has 5 nitrogen and oxygen atoms in total. The molecule has 24 heavy (non-hydrogen) atoms. The Labute approximate surface area is 139 Å². The van der Waals surface area contributed by atoms with Crippen LogP contribution in [0.1, 0.15) is 24.3 Å². The molecular weight excluding hydrogens is 309 g/mol. The molecule has 0 saturated carbocycles. The molecule has 1 N–H and O–H groups in total. The highest BCUT2D eigenvalue weighted by atomic mass is 19.1. The van der Waals surface area contributed by atoms with Crippen LogP contribution in [0.3, 0.4) is 0 Å². The third-order valence-corrected chi connectivity index (χ3v) is 3.41. The highest BCUT2D eigenvalue weighted by Gasteiger charge is 2.04. The summed E-state index contributed by atoms with van der Waals surface area (Å²) in [6.07, 6.45) is 0.722. The summed E-state index contributed by atoms with van der Waals surface area (Å²) in [4.78, 5) is 0. The van der Waals surface area contributed by atoms with E-state index in [2.05, 4.69) is 15.5 Å². The zero-order chi connectivity index (χ0) is 16.8. The lowest BCUT2D eigenvalue weighted by Gasteiger charge is -2.09. The van der Waals surface area contributed by atoms with E-state index in [0.29, 0.717) is 24.9 Å². The van der Waals surface area contributed by atoms with Gasteiger partial charge in [0.15, 0.2) is 0 Å². The number of aromatic nitrogens is 2. The van der Waals surface area contributed by atoms with Gasteiger partial charge in [-0.3, -0.25) is 0 Å². The van der Waals surface area contributed by atoms with Crippen LogP contribution in [0.25, 0.3) is 0 Å². The van der Waals surface area contributed by atoms with Gasteiger partial charge in [0.2, 0.25) is 11.8 Å². The van der Waals surface area contributed by atoms with E-state index in [-0.39, 0.29) is 5.82 Å². The van der Waals surface area contributed by atoms with Crippen molar-refractivity contribution in [2.45, 2.75) is 26.5 Å². The van der Waals surface area contributed by atoms with Gasteiger partial charge in [-0.1, -0.05) is 25.1 Å². The van der Waals surface area contributed by atoms with E-state index in [0.717, 1.165) is 23.4 Å². The van der Waals surface area contributed by atoms with E-state index >= 15 is 0 Å². The zero-order valence-electron chi connectivity index (χ0n) is 13.3. The first-order valence-electron chi connectivity index (χ1n) is 7.75. The molecule has 0 aliphatic rings. The van der Waals surface area contributed by atoms with Gasteiger partial charge in [0.1, 0.15) is 18.2 Å². The maximum atomic E-state index is 12.9. The van der Waals surface area contributed by atoms with Gasteiger partial charge in [0, 0.05) is 18.2 Å². The second-order valence-electron chi connectivity index (χ2n) is 5.24. The van der Waals surface area contributed by atoms with Gasteiger partial charge in [0.25, 0.3) is 0 Å². The summed E-state index contributed by atoms with van der Waals surface area (Å²) >= 11 is 0. The van der Waals surface area contributed by atoms with Crippen molar-refractivity contribution < 1.29 is 13.5 Å². The lowest BCUT2D eigenvalue weighted by Crippen LogP contribution is -2.00. The van der Waals surface area contributed by atoms with E-state index in [1.54, 1.807) is 12.1 Å². The Balaban J connectivity index is 1.56. The lowest BCUT2D eigenvalue weighted by atomic mass is 10.2. The number of halogens is 1. The Hall–Kier alpha value is -2.89. The quantitative estimate of drug-likeness (QED) is 0.712. The number of benzene rings is 2. The second-order valence-corrected chi connectivity index (χ2v) is 5.24. The third-order valence-electron chi connectivity index (χ3n) is 3.41. The maximum Gasteiger partial charge on any atom is 0.235 e. The molecule has 3 aromatic rings. The van der Waals surface area contributed by atoms with Gasteiger partial charge in [-0.05, 0) is 29.8 Å². The van der Waals surface area contributed by atoms with Crippen LogP contribution in [-0.4, -0.2) is 10.2 Å². The highest BCUT2D eigenvalue weighted by Crippen LogP contribution is 2.19. The minimum atomic E-state index is -0.253. The zero-order valence-corrected chi connectivity index (χ0v) is 13.3. The molecule has 0 bridgehead atoms. The number of hydrogen-bond donors (Lipinski definition) is 1. The van der Waals surface area contributed by atoms with Crippen molar-refractivity contribution in [2.24, 2.45) is 0 Å². The van der Waals surface area contributed by atoms with Gasteiger partial charge in [0.05, 0.1) is 6.54 Å². The molecular formula is C18H18FN3O2. The van der Waals surface area contributed by atoms with E-state index in [9.17, 15) is 4.39 Å². The molecule has 0 unspecified atom stereocenters. The minimum Gasteiger partial charge on any atom is -0.489 e. The molecule has 0 atom stereocenters. The average Bonchev–Trinajstić information content (AvgIpc) is 3.08. The van der Waals surface area contributed by atoms with Gasteiger partial charge in [-0.2, -0.15) is 0 Å². The summed E-state index contributed by atoms with van der Waals surface area (Å²) in [6, 6.07) is 13.8. The first kappa shape index (κ1) is 16.0. The SMILES string of the molecule is CCc1nnc(CNc2cccc(OCc3ccc(F)cc3)c2)o1. The molecule has 0 aliphatic heterocycles. The average molecular weight is 327 g/mol. The van der Waals surface area contributed by atoms with Gasteiger partial charge < -0.3 is 14.5 Å². The molecule has 3 rings (SSSR count). The molecule has 0 saturated heterocycles. The van der Waals surface area contributed by atoms with Crippen molar-refractivity contribution in [3.63, 3.8) is 0 Å². The van der Waals surface area contributed by atoms with Crippen LogP contribution in [0.4, 0.5) is 10.1 Å². The maximum absolute atomic E-state index is 12.9. The summed E-state index contributed by atoms with van der Waals surface area (Å²) in [5.74, 6) is 1.65. The van der Waals surface area contributed by atoms with Crippen LogP contribution in [0.15, 0.2) is 52.9 Å². The van der Waals surface area contributed by atoms with Crippen LogP contribution in [0, 0.1) is 5.82 Å². The number of anilines is 1. The van der Waals surface area contributed by atoms with Crippen molar-refractivity contribution in [1.82, 2.24) is 10.2 Å². The minimum absolute atomic E-state index is 0.253. The van der Waals surface area contributed by atoms with Crippen molar-refractivity contribution in [2.75, 3.05) is 5.32 Å². The van der Waals surface area contributed by atoms with Crippen LogP contribution >= 0.6 is 0 Å². The van der Waals surface area contributed by atoms with Crippen molar-refractivity contribution in [3.05, 3.63) is 71.7 Å². The predicted molar refractivity (Wildman–Crippen MR) is 88.2 cm³/mol. The first-order chi connectivity index (χ1) is 11.7. The number of rotatable bonds is 7. The summed E-state index contributed by atoms with van der Waals surface area (Å²) in [5.41, 5.74) is 1.80.